The Hall–Kier alpha value is 0.0300. The highest BCUT2D eigenvalue weighted by atomic mass is 31.2. The van der Waals surface area contributed by atoms with Gasteiger partial charge in [0.05, 0.1) is 26.2 Å². The molecule has 0 aliphatic rings. The summed E-state index contributed by atoms with van der Waals surface area (Å²) in [5.41, 5.74) is 0. The van der Waals surface area contributed by atoms with Crippen molar-refractivity contribution in [1.82, 2.24) is 0 Å². The van der Waals surface area contributed by atoms with E-state index in [9.17, 15) is 0 Å². The van der Waals surface area contributed by atoms with Crippen molar-refractivity contribution in [2.24, 2.45) is 0 Å². The SMILES string of the molecule is CCCC[N+](CCCC)(CCCC)CCCC.O=P(O)(O)O.[OH-]. The second-order valence-electron chi connectivity index (χ2n) is 6.16. The summed E-state index contributed by atoms with van der Waals surface area (Å²) >= 11 is 0. The predicted octanol–water partition coefficient (Wildman–Crippen LogP) is 3.90. The summed E-state index contributed by atoms with van der Waals surface area (Å²) in [6.45, 7) is 15.0. The maximum Gasteiger partial charge on any atom is 0.466 e. The van der Waals surface area contributed by atoms with E-state index in [0.29, 0.717) is 0 Å². The lowest BCUT2D eigenvalue weighted by molar-refractivity contribution is -0.929. The maximum atomic E-state index is 8.88. The largest absolute Gasteiger partial charge is 0.870 e. The van der Waals surface area contributed by atoms with Crippen LogP contribution in [0.3, 0.4) is 0 Å². The van der Waals surface area contributed by atoms with E-state index < -0.39 is 7.82 Å². The molecule has 0 saturated heterocycles. The minimum Gasteiger partial charge on any atom is -0.870 e. The smallest absolute Gasteiger partial charge is 0.466 e. The Morgan fingerprint density at radius 3 is 0.957 bits per heavy atom. The molecule has 0 aliphatic carbocycles. The van der Waals surface area contributed by atoms with Crippen molar-refractivity contribution in [3.8, 4) is 0 Å². The Morgan fingerprint density at radius 2 is 0.826 bits per heavy atom. The molecule has 144 valence electrons. The van der Waals surface area contributed by atoms with Gasteiger partial charge in [0.2, 0.25) is 0 Å². The van der Waals surface area contributed by atoms with Crippen LogP contribution in [0.2, 0.25) is 0 Å². The molecule has 6 nitrogen and oxygen atoms in total. The number of quaternary nitrogens is 1. The number of hydrogen-bond donors (Lipinski definition) is 3. The average molecular weight is 357 g/mol. The van der Waals surface area contributed by atoms with Gasteiger partial charge in [-0.05, 0) is 25.7 Å². The third kappa shape index (κ3) is 22.0. The number of hydrogen-bond acceptors (Lipinski definition) is 2. The third-order valence-corrected chi connectivity index (χ3v) is 3.94. The zero-order valence-electron chi connectivity index (χ0n) is 15.6. The highest BCUT2D eigenvalue weighted by molar-refractivity contribution is 7.45. The fourth-order valence-corrected chi connectivity index (χ4v) is 2.64. The summed E-state index contributed by atoms with van der Waals surface area (Å²) in [5, 5.41) is 0. The van der Waals surface area contributed by atoms with E-state index in [1.165, 1.54) is 82.0 Å². The molecule has 0 aromatic heterocycles. The molecule has 7 heteroatoms. The molecule has 23 heavy (non-hydrogen) atoms. The van der Waals surface area contributed by atoms with Gasteiger partial charge in [-0.1, -0.05) is 53.4 Å². The van der Waals surface area contributed by atoms with Crippen LogP contribution in [0.1, 0.15) is 79.1 Å². The molecule has 0 aromatic carbocycles. The molecule has 0 aliphatic heterocycles. The van der Waals surface area contributed by atoms with Crippen LogP contribution in [0, 0.1) is 0 Å². The zero-order valence-corrected chi connectivity index (χ0v) is 16.5. The first-order valence-electron chi connectivity index (χ1n) is 8.88. The summed E-state index contributed by atoms with van der Waals surface area (Å²) in [6, 6.07) is 0. The normalized spacial score (nSPS) is 11.4. The van der Waals surface area contributed by atoms with Crippen LogP contribution in [0.5, 0.6) is 0 Å². The molecule has 0 aromatic rings. The van der Waals surface area contributed by atoms with Crippen molar-refractivity contribution < 1.29 is 29.2 Å². The van der Waals surface area contributed by atoms with E-state index in [4.69, 9.17) is 19.2 Å². The van der Waals surface area contributed by atoms with E-state index in [1.807, 2.05) is 0 Å². The van der Waals surface area contributed by atoms with Crippen LogP contribution < -0.4 is 0 Å². The van der Waals surface area contributed by atoms with Crippen LogP contribution in [0.25, 0.3) is 0 Å². The first kappa shape index (κ1) is 27.9. The number of nitrogens with zero attached hydrogens (tertiary/aromatic N) is 1. The Labute approximate surface area is 143 Å². The maximum absolute atomic E-state index is 8.88. The van der Waals surface area contributed by atoms with Crippen molar-refractivity contribution in [3.63, 3.8) is 0 Å². The van der Waals surface area contributed by atoms with E-state index in [1.54, 1.807) is 0 Å². The molecule has 0 heterocycles. The van der Waals surface area contributed by atoms with Gasteiger partial charge in [-0.25, -0.2) is 4.57 Å². The zero-order chi connectivity index (χ0) is 17.5. The molecule has 4 N–H and O–H groups in total. The van der Waals surface area contributed by atoms with Crippen molar-refractivity contribution in [3.05, 3.63) is 0 Å². The van der Waals surface area contributed by atoms with Crippen LogP contribution in [0.15, 0.2) is 0 Å². The van der Waals surface area contributed by atoms with Crippen molar-refractivity contribution in [2.75, 3.05) is 26.2 Å². The molecule has 0 rings (SSSR count). The van der Waals surface area contributed by atoms with Crippen LogP contribution in [0.4, 0.5) is 0 Å². The number of unbranched alkanes of at least 4 members (excludes halogenated alkanes) is 4. The van der Waals surface area contributed by atoms with Gasteiger partial charge < -0.3 is 24.6 Å². The topological polar surface area (TPSA) is 108 Å². The predicted molar refractivity (Wildman–Crippen MR) is 95.6 cm³/mol. The van der Waals surface area contributed by atoms with E-state index in [2.05, 4.69) is 27.7 Å². The number of rotatable bonds is 12. The van der Waals surface area contributed by atoms with Gasteiger partial charge in [0.25, 0.3) is 0 Å². The standard InChI is InChI=1S/C16H36N.H3O4P.H2O/c1-5-9-13-17(14-10-6-2,15-11-7-3)16-12-8-4;1-5(2,3)4;/h5-16H2,1-4H3;(H3,1,2,3,4);1H2/q+1;;/p-1. The molecular formula is C16H40NO5P. The lowest BCUT2D eigenvalue weighted by atomic mass is 10.1. The molecule has 0 unspecified atom stereocenters. The fourth-order valence-electron chi connectivity index (χ4n) is 2.64. The van der Waals surface area contributed by atoms with E-state index >= 15 is 0 Å². The highest BCUT2D eigenvalue weighted by Crippen LogP contribution is 2.25. The first-order valence-corrected chi connectivity index (χ1v) is 10.4. The van der Waals surface area contributed by atoms with Crippen molar-refractivity contribution in [2.45, 2.75) is 79.1 Å². The molecule has 0 spiro atoms. The fraction of sp³-hybridized carbons (Fsp3) is 1.00. The van der Waals surface area contributed by atoms with E-state index in [0.717, 1.165) is 0 Å². The van der Waals surface area contributed by atoms with Gasteiger partial charge in [0.15, 0.2) is 0 Å². The van der Waals surface area contributed by atoms with Crippen molar-refractivity contribution in [1.29, 1.82) is 0 Å². The lowest BCUT2D eigenvalue weighted by Crippen LogP contribution is -2.50. The minimum atomic E-state index is -4.64. The minimum absolute atomic E-state index is 0. The van der Waals surface area contributed by atoms with E-state index in [-0.39, 0.29) is 5.48 Å². The summed E-state index contributed by atoms with van der Waals surface area (Å²) in [7, 11) is -4.64. The van der Waals surface area contributed by atoms with Gasteiger partial charge in [0.1, 0.15) is 0 Å². The molecular weight excluding hydrogens is 317 g/mol. The molecule has 0 radical (unpaired) electrons. The van der Waals surface area contributed by atoms with Gasteiger partial charge in [0, 0.05) is 0 Å². The lowest BCUT2D eigenvalue weighted by Gasteiger charge is -2.39. The van der Waals surface area contributed by atoms with Crippen LogP contribution in [-0.4, -0.2) is 50.8 Å². The van der Waals surface area contributed by atoms with Gasteiger partial charge in [-0.2, -0.15) is 0 Å². The molecule has 0 bridgehead atoms. The average Bonchev–Trinajstić information content (AvgIpc) is 2.44. The first-order chi connectivity index (χ1) is 10.2. The Balaban J connectivity index is -0.000000578. The van der Waals surface area contributed by atoms with Gasteiger partial charge in [-0.3, -0.25) is 0 Å². The van der Waals surface area contributed by atoms with Crippen LogP contribution >= 0.6 is 7.82 Å². The molecule has 0 atom stereocenters. The highest BCUT2D eigenvalue weighted by Gasteiger charge is 2.24. The summed E-state index contributed by atoms with van der Waals surface area (Å²) in [4.78, 5) is 21.6. The Bertz CT molecular complexity index is 238. The monoisotopic (exact) mass is 357 g/mol. The second-order valence-corrected chi connectivity index (χ2v) is 7.19. The summed E-state index contributed by atoms with van der Waals surface area (Å²) < 4.78 is 10.3. The second kappa shape index (κ2) is 16.9. The Kier molecular flexibility index (Phi) is 20.4. The van der Waals surface area contributed by atoms with Crippen LogP contribution in [-0.2, 0) is 4.57 Å². The molecule has 0 amide bonds. The van der Waals surface area contributed by atoms with Crippen molar-refractivity contribution >= 4 is 7.82 Å². The third-order valence-electron chi connectivity index (χ3n) is 3.94. The molecule has 0 fully saturated rings. The quantitative estimate of drug-likeness (QED) is 0.363. The molecule has 0 saturated carbocycles. The van der Waals surface area contributed by atoms with Gasteiger partial charge >= 0.3 is 7.82 Å². The number of phosphoric acid groups is 1. The van der Waals surface area contributed by atoms with Gasteiger partial charge in [-0.15, -0.1) is 0 Å². The summed E-state index contributed by atoms with van der Waals surface area (Å²) in [6.07, 6.45) is 11.1. The Morgan fingerprint density at radius 1 is 0.652 bits per heavy atom. The summed E-state index contributed by atoms with van der Waals surface area (Å²) in [5.74, 6) is 0.